The number of nitro benzene ring substituents is 1. The van der Waals surface area contributed by atoms with Crippen LogP contribution >= 0.6 is 0 Å². The summed E-state index contributed by atoms with van der Waals surface area (Å²) in [4.78, 5) is 9.81. The molecule has 0 aromatic heterocycles. The molecule has 1 N–H and O–H groups in total. The highest BCUT2D eigenvalue weighted by atomic mass is 19.4. The molecule has 0 saturated carbocycles. The summed E-state index contributed by atoms with van der Waals surface area (Å²) >= 11 is 0. The first-order chi connectivity index (χ1) is 11.4. The van der Waals surface area contributed by atoms with Gasteiger partial charge in [-0.15, -0.1) is 0 Å². The molecule has 0 aliphatic heterocycles. The lowest BCUT2D eigenvalue weighted by Gasteiger charge is -2.37. The van der Waals surface area contributed by atoms with Crippen molar-refractivity contribution in [2.75, 3.05) is 0 Å². The summed E-state index contributed by atoms with van der Waals surface area (Å²) in [5.74, 6) is -5.54. The molecule has 134 valence electrons. The molecule has 0 aliphatic rings. The first-order valence-corrected chi connectivity index (χ1v) is 6.90. The van der Waals surface area contributed by atoms with Crippen LogP contribution in [0.3, 0.4) is 0 Å². The summed E-state index contributed by atoms with van der Waals surface area (Å²) < 4.78 is 67.4. The number of benzene rings is 2. The number of nitro groups is 1. The fraction of sp³-hybridized carbons (Fsp3) is 0.250. The molecular formula is C16H12F5NO3. The number of aliphatic hydroxyl groups is 1. The molecule has 9 heteroatoms. The average Bonchev–Trinajstić information content (AvgIpc) is 2.53. The number of non-ortho nitro benzene ring substituents is 1. The fourth-order valence-corrected chi connectivity index (χ4v) is 2.43. The summed E-state index contributed by atoms with van der Waals surface area (Å²) in [6.45, 7) is 1.46. The van der Waals surface area contributed by atoms with Gasteiger partial charge in [-0.1, -0.05) is 29.8 Å². The number of rotatable bonds is 4. The van der Waals surface area contributed by atoms with Crippen molar-refractivity contribution in [2.45, 2.75) is 24.6 Å². The number of hydrogen-bond donors (Lipinski definition) is 1. The SMILES string of the molecule is Cc1cccc(C(O)(c2ccc([N+](=O)[O-])cc2)C(F)(F)C(F)(F)F)c1. The van der Waals surface area contributed by atoms with Gasteiger partial charge in [0.25, 0.3) is 5.69 Å². The summed E-state index contributed by atoms with van der Waals surface area (Å²) in [7, 11) is 0. The van der Waals surface area contributed by atoms with Gasteiger partial charge in [0.05, 0.1) is 4.92 Å². The molecule has 0 saturated heterocycles. The van der Waals surface area contributed by atoms with E-state index in [-0.39, 0.29) is 0 Å². The summed E-state index contributed by atoms with van der Waals surface area (Å²) in [5.41, 5.74) is -5.39. The van der Waals surface area contributed by atoms with Gasteiger partial charge in [-0.05, 0) is 30.2 Å². The number of aryl methyl sites for hydroxylation is 1. The van der Waals surface area contributed by atoms with Gasteiger partial charge < -0.3 is 5.11 Å². The van der Waals surface area contributed by atoms with Crippen molar-refractivity contribution in [3.8, 4) is 0 Å². The third-order valence-corrected chi connectivity index (χ3v) is 3.74. The number of halogens is 5. The van der Waals surface area contributed by atoms with Crippen molar-refractivity contribution < 1.29 is 32.0 Å². The zero-order valence-corrected chi connectivity index (χ0v) is 12.7. The quantitative estimate of drug-likeness (QED) is 0.501. The van der Waals surface area contributed by atoms with Gasteiger partial charge in [0.1, 0.15) is 0 Å². The van der Waals surface area contributed by atoms with Crippen LogP contribution in [0, 0.1) is 17.0 Å². The molecule has 0 spiro atoms. The Labute approximate surface area is 138 Å². The van der Waals surface area contributed by atoms with E-state index >= 15 is 0 Å². The summed E-state index contributed by atoms with van der Waals surface area (Å²) in [5, 5.41) is 21.2. The third kappa shape index (κ3) is 3.07. The van der Waals surface area contributed by atoms with E-state index in [1.165, 1.54) is 19.1 Å². The van der Waals surface area contributed by atoms with Crippen molar-refractivity contribution in [1.82, 2.24) is 0 Å². The van der Waals surface area contributed by atoms with Crippen molar-refractivity contribution in [3.05, 3.63) is 75.3 Å². The largest absolute Gasteiger partial charge is 0.457 e. The van der Waals surface area contributed by atoms with E-state index in [1.54, 1.807) is 0 Å². The zero-order chi connectivity index (χ0) is 19.0. The van der Waals surface area contributed by atoms with Crippen molar-refractivity contribution >= 4 is 5.69 Å². The topological polar surface area (TPSA) is 63.4 Å². The van der Waals surface area contributed by atoms with Crippen molar-refractivity contribution in [3.63, 3.8) is 0 Å². The Kier molecular flexibility index (Phi) is 4.56. The van der Waals surface area contributed by atoms with Crippen molar-refractivity contribution in [1.29, 1.82) is 0 Å². The maximum absolute atomic E-state index is 14.2. The zero-order valence-electron chi connectivity index (χ0n) is 12.7. The Bertz CT molecular complexity index is 789. The van der Waals surface area contributed by atoms with Gasteiger partial charge in [0.15, 0.2) is 5.60 Å². The number of alkyl halides is 5. The van der Waals surface area contributed by atoms with E-state index in [0.29, 0.717) is 17.7 Å². The second kappa shape index (κ2) is 6.07. The Morgan fingerprint density at radius 2 is 1.52 bits per heavy atom. The normalized spacial score (nSPS) is 14.8. The van der Waals surface area contributed by atoms with E-state index in [4.69, 9.17) is 0 Å². The summed E-state index contributed by atoms with van der Waals surface area (Å²) in [6, 6.07) is 7.50. The van der Waals surface area contributed by atoms with E-state index in [9.17, 15) is 37.2 Å². The minimum atomic E-state index is -6.05. The van der Waals surface area contributed by atoms with Crippen LogP contribution in [0.5, 0.6) is 0 Å². The Balaban J connectivity index is 2.75. The van der Waals surface area contributed by atoms with Crippen LogP contribution < -0.4 is 0 Å². The standard InChI is InChI=1S/C16H12F5NO3/c1-10-3-2-4-12(9-10)14(23,15(17,18)16(19,20)21)11-5-7-13(8-6-11)22(24)25/h2-9,23H,1H3. The molecule has 1 unspecified atom stereocenters. The lowest BCUT2D eigenvalue weighted by molar-refractivity contribution is -0.384. The molecule has 2 rings (SSSR count). The molecule has 0 fully saturated rings. The number of hydrogen-bond acceptors (Lipinski definition) is 3. The van der Waals surface area contributed by atoms with E-state index < -0.39 is 39.4 Å². The van der Waals surface area contributed by atoms with Crippen molar-refractivity contribution in [2.24, 2.45) is 0 Å². The van der Waals surface area contributed by atoms with E-state index in [2.05, 4.69) is 0 Å². The number of nitrogens with zero attached hydrogens (tertiary/aromatic N) is 1. The van der Waals surface area contributed by atoms with Crippen LogP contribution in [-0.2, 0) is 5.60 Å². The predicted molar refractivity (Wildman–Crippen MR) is 78.3 cm³/mol. The first-order valence-electron chi connectivity index (χ1n) is 6.90. The highest BCUT2D eigenvalue weighted by Crippen LogP contribution is 2.51. The fourth-order valence-electron chi connectivity index (χ4n) is 2.43. The minimum Gasteiger partial charge on any atom is -0.374 e. The van der Waals surface area contributed by atoms with Gasteiger partial charge in [-0.25, -0.2) is 0 Å². The highest BCUT2D eigenvalue weighted by Gasteiger charge is 2.71. The van der Waals surface area contributed by atoms with Gasteiger partial charge >= 0.3 is 12.1 Å². The second-order valence-electron chi connectivity index (χ2n) is 5.46. The lowest BCUT2D eigenvalue weighted by Crippen LogP contribution is -2.55. The highest BCUT2D eigenvalue weighted by molar-refractivity contribution is 5.44. The maximum Gasteiger partial charge on any atom is 0.457 e. The molecule has 0 aliphatic carbocycles. The van der Waals surface area contributed by atoms with Crippen LogP contribution in [0.1, 0.15) is 16.7 Å². The molecule has 2 aromatic rings. The first kappa shape index (κ1) is 18.8. The second-order valence-corrected chi connectivity index (χ2v) is 5.46. The Morgan fingerprint density at radius 3 is 1.96 bits per heavy atom. The minimum absolute atomic E-state index is 0.357. The monoisotopic (exact) mass is 361 g/mol. The van der Waals surface area contributed by atoms with Gasteiger partial charge in [-0.2, -0.15) is 22.0 Å². The van der Waals surface area contributed by atoms with Crippen LogP contribution in [0.2, 0.25) is 0 Å². The smallest absolute Gasteiger partial charge is 0.374 e. The average molecular weight is 361 g/mol. The van der Waals surface area contributed by atoms with Gasteiger partial charge in [0, 0.05) is 12.1 Å². The van der Waals surface area contributed by atoms with Crippen LogP contribution in [0.25, 0.3) is 0 Å². The Morgan fingerprint density at radius 1 is 0.960 bits per heavy atom. The molecule has 4 nitrogen and oxygen atoms in total. The molecule has 1 atom stereocenters. The predicted octanol–water partition coefficient (Wildman–Crippen LogP) is 4.34. The van der Waals surface area contributed by atoms with E-state index in [1.807, 2.05) is 0 Å². The molecule has 25 heavy (non-hydrogen) atoms. The molecular weight excluding hydrogens is 349 g/mol. The molecule has 0 bridgehead atoms. The van der Waals surface area contributed by atoms with Crippen LogP contribution in [0.4, 0.5) is 27.6 Å². The summed E-state index contributed by atoms with van der Waals surface area (Å²) in [6.07, 6.45) is -6.05. The van der Waals surface area contributed by atoms with Gasteiger partial charge in [-0.3, -0.25) is 10.1 Å². The van der Waals surface area contributed by atoms with Crippen LogP contribution in [0.15, 0.2) is 48.5 Å². The Hall–Kier alpha value is -2.55. The molecule has 0 radical (unpaired) electrons. The maximum atomic E-state index is 14.2. The lowest BCUT2D eigenvalue weighted by atomic mass is 9.80. The van der Waals surface area contributed by atoms with Crippen LogP contribution in [-0.4, -0.2) is 22.1 Å². The molecule has 0 amide bonds. The van der Waals surface area contributed by atoms with E-state index in [0.717, 1.165) is 24.3 Å². The third-order valence-electron chi connectivity index (χ3n) is 3.74. The van der Waals surface area contributed by atoms with Gasteiger partial charge in [0.2, 0.25) is 0 Å². The molecule has 0 heterocycles. The molecule has 2 aromatic carbocycles.